The van der Waals surface area contributed by atoms with Gasteiger partial charge in [-0.25, -0.2) is 0 Å². The quantitative estimate of drug-likeness (QED) is 0.711. The Morgan fingerprint density at radius 1 is 1.37 bits per heavy atom. The van der Waals surface area contributed by atoms with Crippen molar-refractivity contribution in [2.75, 3.05) is 0 Å². The number of ether oxygens (including phenoxy) is 1. The number of nitrogens with one attached hydrogen (secondary N) is 1. The molecule has 2 unspecified atom stereocenters. The zero-order chi connectivity index (χ0) is 14.3. The summed E-state index contributed by atoms with van der Waals surface area (Å²) in [4.78, 5) is 0. The summed E-state index contributed by atoms with van der Waals surface area (Å²) in [6, 6.07) is 7.22. The maximum atomic E-state index is 12.2. The molecule has 0 heterocycles. The Hall–Kier alpha value is -1.42. The van der Waals surface area contributed by atoms with E-state index in [2.05, 4.69) is 23.6 Å². The minimum Gasteiger partial charge on any atom is -0.435 e. The van der Waals surface area contributed by atoms with Gasteiger partial charge in [-0.3, -0.25) is 0 Å². The van der Waals surface area contributed by atoms with Crippen molar-refractivity contribution in [2.45, 2.75) is 45.4 Å². The first kappa shape index (κ1) is 15.6. The average molecular weight is 269 g/mol. The summed E-state index contributed by atoms with van der Waals surface area (Å²) < 4.78 is 28.7. The van der Waals surface area contributed by atoms with Crippen LogP contribution in [0.2, 0.25) is 0 Å². The predicted octanol–water partition coefficient (Wildman–Crippen LogP) is 4.29. The van der Waals surface area contributed by atoms with Gasteiger partial charge < -0.3 is 10.1 Å². The standard InChI is InChI=1S/C15H21F2NO/c1-4-5-7-11(2)18-12(3)13-8-6-9-14(10-13)19-15(16)17/h4,6,8-12,15,18H,1,5,7H2,2-3H3. The third-order valence-electron chi connectivity index (χ3n) is 2.92. The van der Waals surface area contributed by atoms with Crippen LogP contribution in [-0.4, -0.2) is 12.7 Å². The van der Waals surface area contributed by atoms with Crippen molar-refractivity contribution in [1.29, 1.82) is 0 Å². The maximum absolute atomic E-state index is 12.2. The van der Waals surface area contributed by atoms with Crippen molar-refractivity contribution in [1.82, 2.24) is 5.32 Å². The Balaban J connectivity index is 2.60. The SMILES string of the molecule is C=CCCC(C)NC(C)c1cccc(OC(F)F)c1. The van der Waals surface area contributed by atoms with Crippen LogP contribution in [0.5, 0.6) is 5.75 Å². The van der Waals surface area contributed by atoms with Crippen LogP contribution in [-0.2, 0) is 0 Å². The van der Waals surface area contributed by atoms with Gasteiger partial charge in [-0.2, -0.15) is 8.78 Å². The molecule has 0 saturated carbocycles. The predicted molar refractivity (Wildman–Crippen MR) is 73.5 cm³/mol. The molecule has 0 amide bonds. The first-order valence-corrected chi connectivity index (χ1v) is 6.44. The number of allylic oxidation sites excluding steroid dienone is 1. The lowest BCUT2D eigenvalue weighted by molar-refractivity contribution is -0.0499. The molecule has 0 aliphatic rings. The van der Waals surface area contributed by atoms with Crippen molar-refractivity contribution in [3.63, 3.8) is 0 Å². The molecule has 0 fully saturated rings. The summed E-state index contributed by atoms with van der Waals surface area (Å²) in [6.45, 7) is 5.01. The van der Waals surface area contributed by atoms with E-state index in [1.807, 2.05) is 19.1 Å². The number of hydrogen-bond donors (Lipinski definition) is 1. The largest absolute Gasteiger partial charge is 0.435 e. The summed E-state index contributed by atoms with van der Waals surface area (Å²) in [5.41, 5.74) is 0.934. The lowest BCUT2D eigenvalue weighted by Crippen LogP contribution is -2.28. The van der Waals surface area contributed by atoms with Crippen molar-refractivity contribution in [2.24, 2.45) is 0 Å². The van der Waals surface area contributed by atoms with Gasteiger partial charge in [0.1, 0.15) is 5.75 Å². The van der Waals surface area contributed by atoms with Gasteiger partial charge in [0.25, 0.3) is 0 Å². The molecule has 0 radical (unpaired) electrons. The van der Waals surface area contributed by atoms with Crippen LogP contribution >= 0.6 is 0 Å². The fourth-order valence-electron chi connectivity index (χ4n) is 1.93. The number of benzene rings is 1. The molecule has 19 heavy (non-hydrogen) atoms. The number of alkyl halides is 2. The van der Waals surface area contributed by atoms with Gasteiger partial charge in [0, 0.05) is 12.1 Å². The molecule has 1 rings (SSSR count). The van der Waals surface area contributed by atoms with Crippen molar-refractivity contribution >= 4 is 0 Å². The monoisotopic (exact) mass is 269 g/mol. The van der Waals surface area contributed by atoms with Gasteiger partial charge in [0.2, 0.25) is 0 Å². The van der Waals surface area contributed by atoms with Crippen LogP contribution in [0.15, 0.2) is 36.9 Å². The van der Waals surface area contributed by atoms with Gasteiger partial charge >= 0.3 is 6.61 Å². The molecule has 106 valence electrons. The molecule has 0 aromatic heterocycles. The second-order valence-corrected chi connectivity index (χ2v) is 4.61. The summed E-state index contributed by atoms with van der Waals surface area (Å²) in [5, 5.41) is 3.42. The van der Waals surface area contributed by atoms with Crippen molar-refractivity contribution < 1.29 is 13.5 Å². The first-order chi connectivity index (χ1) is 9.02. The number of rotatable bonds is 8. The molecule has 1 aromatic carbocycles. The first-order valence-electron chi connectivity index (χ1n) is 6.44. The van der Waals surface area contributed by atoms with E-state index in [4.69, 9.17) is 0 Å². The zero-order valence-corrected chi connectivity index (χ0v) is 11.4. The van der Waals surface area contributed by atoms with E-state index in [9.17, 15) is 8.78 Å². The smallest absolute Gasteiger partial charge is 0.387 e. The molecule has 1 aromatic rings. The minimum absolute atomic E-state index is 0.0843. The van der Waals surface area contributed by atoms with Crippen LogP contribution in [0.1, 0.15) is 38.3 Å². The fourth-order valence-corrected chi connectivity index (χ4v) is 1.93. The lowest BCUT2D eigenvalue weighted by Gasteiger charge is -2.20. The van der Waals surface area contributed by atoms with Crippen molar-refractivity contribution in [3.8, 4) is 5.75 Å². The maximum Gasteiger partial charge on any atom is 0.387 e. The summed E-state index contributed by atoms with van der Waals surface area (Å²) in [7, 11) is 0. The van der Waals surface area contributed by atoms with Crippen LogP contribution in [0.25, 0.3) is 0 Å². The van der Waals surface area contributed by atoms with Crippen LogP contribution in [0.4, 0.5) is 8.78 Å². The van der Waals surface area contributed by atoms with E-state index in [0.717, 1.165) is 18.4 Å². The minimum atomic E-state index is -2.79. The highest BCUT2D eigenvalue weighted by Crippen LogP contribution is 2.21. The molecule has 0 aliphatic carbocycles. The molecule has 0 saturated heterocycles. The summed E-state index contributed by atoms with van der Waals surface area (Å²) in [5.74, 6) is 0.194. The molecule has 1 N–H and O–H groups in total. The summed E-state index contributed by atoms with van der Waals surface area (Å²) >= 11 is 0. The average Bonchev–Trinajstić information content (AvgIpc) is 2.35. The molecule has 0 spiro atoms. The van der Waals surface area contributed by atoms with Gasteiger partial charge in [-0.15, -0.1) is 6.58 Å². The number of hydrogen-bond acceptors (Lipinski definition) is 2. The third kappa shape index (κ3) is 5.83. The van der Waals surface area contributed by atoms with Gasteiger partial charge in [-0.05, 0) is 44.4 Å². The van der Waals surface area contributed by atoms with Crippen molar-refractivity contribution in [3.05, 3.63) is 42.5 Å². The number of halogens is 2. The van der Waals surface area contributed by atoms with E-state index < -0.39 is 6.61 Å². The normalized spacial score (nSPS) is 14.2. The van der Waals surface area contributed by atoms with E-state index >= 15 is 0 Å². The second-order valence-electron chi connectivity index (χ2n) is 4.61. The van der Waals surface area contributed by atoms with Gasteiger partial charge in [0.05, 0.1) is 0 Å². The van der Waals surface area contributed by atoms with Crippen LogP contribution < -0.4 is 10.1 Å². The summed E-state index contributed by atoms with van der Waals surface area (Å²) in [6.07, 6.45) is 3.84. The van der Waals surface area contributed by atoms with E-state index in [0.29, 0.717) is 6.04 Å². The Kier molecular flexibility index (Phi) is 6.50. The van der Waals surface area contributed by atoms with E-state index in [-0.39, 0.29) is 11.8 Å². The Morgan fingerprint density at radius 2 is 2.11 bits per heavy atom. The molecule has 2 atom stereocenters. The second kappa shape index (κ2) is 7.89. The highest BCUT2D eigenvalue weighted by Gasteiger charge is 2.11. The molecule has 0 aliphatic heterocycles. The molecule has 0 bridgehead atoms. The highest BCUT2D eigenvalue weighted by atomic mass is 19.3. The van der Waals surface area contributed by atoms with Gasteiger partial charge in [0.15, 0.2) is 0 Å². The van der Waals surface area contributed by atoms with E-state index in [1.54, 1.807) is 12.1 Å². The fraction of sp³-hybridized carbons (Fsp3) is 0.467. The molecular weight excluding hydrogens is 248 g/mol. The van der Waals surface area contributed by atoms with E-state index in [1.165, 1.54) is 6.07 Å². The Morgan fingerprint density at radius 3 is 2.74 bits per heavy atom. The molecule has 4 heteroatoms. The lowest BCUT2D eigenvalue weighted by atomic mass is 10.1. The molecule has 2 nitrogen and oxygen atoms in total. The zero-order valence-electron chi connectivity index (χ0n) is 11.4. The Bertz CT molecular complexity index is 395. The van der Waals surface area contributed by atoms with Crippen LogP contribution in [0.3, 0.4) is 0 Å². The van der Waals surface area contributed by atoms with Crippen LogP contribution in [0, 0.1) is 0 Å². The third-order valence-corrected chi connectivity index (χ3v) is 2.92. The highest BCUT2D eigenvalue weighted by molar-refractivity contribution is 5.30. The topological polar surface area (TPSA) is 21.3 Å². The Labute approximate surface area is 113 Å². The van der Waals surface area contributed by atoms with Gasteiger partial charge in [-0.1, -0.05) is 18.2 Å². The molecular formula is C15H21F2NO.